The zero-order valence-corrected chi connectivity index (χ0v) is 16.7. The van der Waals surface area contributed by atoms with Crippen LogP contribution in [0.5, 0.6) is 0 Å². The standard InChI is InChI=1S/C20H24N2O.HI/c1-4-15-23-20-18(16-11-7-5-8-12-16)21(2)22(3)19(20)17-13-9-6-10-14-17;/h5-14,18H,4,15H2,1-3H3;1H. The van der Waals surface area contributed by atoms with Crippen molar-refractivity contribution in [2.24, 2.45) is 0 Å². The zero-order chi connectivity index (χ0) is 16.2. The Labute approximate surface area is 161 Å². The smallest absolute Gasteiger partial charge is 0.198 e. The number of nitrogens with zero attached hydrogens (tertiary/aromatic N) is 1. The van der Waals surface area contributed by atoms with Crippen molar-refractivity contribution in [2.75, 3.05) is 20.7 Å². The zero-order valence-electron chi connectivity index (χ0n) is 14.5. The molecule has 0 radical (unpaired) electrons. The third-order valence-electron chi connectivity index (χ3n) is 4.41. The van der Waals surface area contributed by atoms with Crippen molar-refractivity contribution in [1.82, 2.24) is 5.01 Å². The molecule has 0 bridgehead atoms. The van der Waals surface area contributed by atoms with Gasteiger partial charge in [0.25, 0.3) is 0 Å². The van der Waals surface area contributed by atoms with Gasteiger partial charge in [0.05, 0.1) is 13.7 Å². The van der Waals surface area contributed by atoms with Crippen LogP contribution in [0, 0.1) is 0 Å². The summed E-state index contributed by atoms with van der Waals surface area (Å²) in [5, 5.41) is 3.58. The first-order valence-electron chi connectivity index (χ1n) is 8.28. The molecule has 0 fully saturated rings. The van der Waals surface area contributed by atoms with E-state index in [2.05, 4.69) is 86.7 Å². The molecule has 3 rings (SSSR count). The lowest BCUT2D eigenvalue weighted by Crippen LogP contribution is -3.11. The number of nitrogens with one attached hydrogen (secondary N) is 1. The highest BCUT2D eigenvalue weighted by molar-refractivity contribution is 5.63. The maximum absolute atomic E-state index is 6.24. The van der Waals surface area contributed by atoms with Crippen LogP contribution in [0.1, 0.15) is 30.5 Å². The highest BCUT2D eigenvalue weighted by Crippen LogP contribution is 2.34. The van der Waals surface area contributed by atoms with E-state index < -0.39 is 0 Å². The van der Waals surface area contributed by atoms with Crippen molar-refractivity contribution in [3.8, 4) is 0 Å². The fourth-order valence-electron chi connectivity index (χ4n) is 3.19. The first-order chi connectivity index (χ1) is 11.2. The van der Waals surface area contributed by atoms with Crippen molar-refractivity contribution in [3.05, 3.63) is 77.5 Å². The minimum atomic E-state index is 0. The van der Waals surface area contributed by atoms with E-state index >= 15 is 0 Å². The summed E-state index contributed by atoms with van der Waals surface area (Å²) in [5.74, 6) is 1.07. The molecular weight excluding hydrogens is 411 g/mol. The molecule has 1 aliphatic rings. The number of ether oxygens (including phenoxy) is 1. The highest BCUT2D eigenvalue weighted by atomic mass is 127. The van der Waals surface area contributed by atoms with E-state index in [4.69, 9.17) is 4.74 Å². The Balaban J connectivity index is 0.00000208. The summed E-state index contributed by atoms with van der Waals surface area (Å²) in [4.78, 5) is 0. The number of halogens is 1. The minimum absolute atomic E-state index is 0. The Morgan fingerprint density at radius 1 is 1.00 bits per heavy atom. The van der Waals surface area contributed by atoms with E-state index in [1.54, 1.807) is 0 Å². The third-order valence-corrected chi connectivity index (χ3v) is 4.41. The van der Waals surface area contributed by atoms with E-state index in [1.807, 2.05) is 0 Å². The molecule has 4 heteroatoms. The Morgan fingerprint density at radius 3 is 2.17 bits per heavy atom. The van der Waals surface area contributed by atoms with Crippen LogP contribution in [-0.4, -0.2) is 25.7 Å². The fraction of sp³-hybridized carbons (Fsp3) is 0.300. The third kappa shape index (κ3) is 3.66. The topological polar surface area (TPSA) is 16.9 Å². The van der Waals surface area contributed by atoms with E-state index in [1.165, 1.54) is 21.8 Å². The van der Waals surface area contributed by atoms with Crippen molar-refractivity contribution < 1.29 is 33.7 Å². The number of hydrogen-bond acceptors (Lipinski definition) is 2. The molecular formula is C20H25IN2O. The fourth-order valence-corrected chi connectivity index (χ4v) is 3.19. The molecule has 1 heterocycles. The Bertz CT molecular complexity index is 673. The van der Waals surface area contributed by atoms with E-state index in [-0.39, 0.29) is 30.0 Å². The monoisotopic (exact) mass is 436 g/mol. The summed E-state index contributed by atoms with van der Waals surface area (Å²) < 4.78 is 6.24. The molecule has 0 saturated heterocycles. The van der Waals surface area contributed by atoms with Crippen LogP contribution in [0.4, 0.5) is 0 Å². The second kappa shape index (κ2) is 8.65. The van der Waals surface area contributed by atoms with Gasteiger partial charge in [0.15, 0.2) is 11.5 Å². The molecule has 3 nitrogen and oxygen atoms in total. The first kappa shape index (κ1) is 19.0. The Hall–Kier alpha value is -1.37. The summed E-state index contributed by atoms with van der Waals surface area (Å²) in [5.41, 5.74) is 3.73. The predicted octanol–water partition coefficient (Wildman–Crippen LogP) is -0.0978. The molecule has 2 unspecified atom stereocenters. The summed E-state index contributed by atoms with van der Waals surface area (Å²) in [6.45, 7) is 2.89. The van der Waals surface area contributed by atoms with E-state index in [0.717, 1.165) is 18.8 Å². The van der Waals surface area contributed by atoms with Crippen LogP contribution in [0.3, 0.4) is 0 Å². The molecule has 2 atom stereocenters. The molecule has 1 aliphatic heterocycles. The quantitative estimate of drug-likeness (QED) is 0.660. The lowest BCUT2D eigenvalue weighted by molar-refractivity contribution is -0.928. The number of benzene rings is 2. The summed E-state index contributed by atoms with van der Waals surface area (Å²) >= 11 is 0. The van der Waals surface area contributed by atoms with E-state index in [9.17, 15) is 0 Å². The minimum Gasteiger partial charge on any atom is -1.00 e. The normalized spacial score (nSPS) is 20.8. The van der Waals surface area contributed by atoms with Crippen LogP contribution in [0.25, 0.3) is 5.70 Å². The van der Waals surface area contributed by atoms with Gasteiger partial charge in [-0.2, -0.15) is 0 Å². The Kier molecular flexibility index (Phi) is 6.83. The first-order valence-corrected chi connectivity index (χ1v) is 8.28. The largest absolute Gasteiger partial charge is 1.00 e. The van der Waals surface area contributed by atoms with Gasteiger partial charge in [0.2, 0.25) is 0 Å². The average Bonchev–Trinajstić information content (AvgIpc) is 2.85. The molecule has 0 saturated carbocycles. The summed E-state index contributed by atoms with van der Waals surface area (Å²) in [7, 11) is 4.33. The lowest BCUT2D eigenvalue weighted by atomic mass is 10.0. The summed E-state index contributed by atoms with van der Waals surface area (Å²) in [6.07, 6.45) is 1.01. The number of hydrogen-bond donors (Lipinski definition) is 1. The molecule has 0 amide bonds. The molecule has 0 spiro atoms. The van der Waals surface area contributed by atoms with Gasteiger partial charge in [-0.1, -0.05) is 55.5 Å². The maximum Gasteiger partial charge on any atom is 0.198 e. The Morgan fingerprint density at radius 2 is 1.58 bits per heavy atom. The van der Waals surface area contributed by atoms with Crippen molar-refractivity contribution in [1.29, 1.82) is 0 Å². The van der Waals surface area contributed by atoms with Gasteiger partial charge in [0.1, 0.15) is 6.04 Å². The van der Waals surface area contributed by atoms with Crippen LogP contribution < -0.4 is 29.0 Å². The molecule has 0 aliphatic carbocycles. The highest BCUT2D eigenvalue weighted by Gasteiger charge is 2.42. The molecule has 2 aromatic carbocycles. The second-order valence-electron chi connectivity index (χ2n) is 5.96. The van der Waals surface area contributed by atoms with Gasteiger partial charge < -0.3 is 28.7 Å². The molecule has 2 aromatic rings. The molecule has 128 valence electrons. The van der Waals surface area contributed by atoms with Crippen molar-refractivity contribution >= 4 is 5.70 Å². The number of likely N-dealkylation sites (N-methyl/N-ethyl adjacent to an activating group) is 1. The SMILES string of the molecule is CCCOC1=C(c2ccccc2)[NH+](C)N(C)C1c1ccccc1.[I-]. The number of quaternary nitrogens is 1. The van der Waals surface area contributed by atoms with Crippen molar-refractivity contribution in [2.45, 2.75) is 19.4 Å². The van der Waals surface area contributed by atoms with Gasteiger partial charge in [-0.15, -0.1) is 5.01 Å². The van der Waals surface area contributed by atoms with Crippen LogP contribution in [-0.2, 0) is 4.74 Å². The predicted molar refractivity (Wildman–Crippen MR) is 93.4 cm³/mol. The van der Waals surface area contributed by atoms with Gasteiger partial charge >= 0.3 is 0 Å². The molecule has 24 heavy (non-hydrogen) atoms. The van der Waals surface area contributed by atoms with E-state index in [0.29, 0.717) is 0 Å². The van der Waals surface area contributed by atoms with Crippen LogP contribution >= 0.6 is 0 Å². The second-order valence-corrected chi connectivity index (χ2v) is 5.96. The average molecular weight is 436 g/mol. The van der Waals surface area contributed by atoms with Gasteiger partial charge in [0, 0.05) is 12.6 Å². The number of rotatable bonds is 5. The van der Waals surface area contributed by atoms with Gasteiger partial charge in [-0.25, -0.2) is 5.01 Å². The molecule has 1 N–H and O–H groups in total. The van der Waals surface area contributed by atoms with Gasteiger partial charge in [-0.05, 0) is 24.1 Å². The summed E-state index contributed by atoms with van der Waals surface area (Å²) in [6, 6.07) is 21.3. The van der Waals surface area contributed by atoms with Gasteiger partial charge in [-0.3, -0.25) is 0 Å². The van der Waals surface area contributed by atoms with Crippen LogP contribution in [0.2, 0.25) is 0 Å². The maximum atomic E-state index is 6.24. The molecule has 0 aromatic heterocycles. The van der Waals surface area contributed by atoms with Crippen molar-refractivity contribution in [3.63, 3.8) is 0 Å². The van der Waals surface area contributed by atoms with Crippen LogP contribution in [0.15, 0.2) is 66.4 Å². The lowest BCUT2D eigenvalue weighted by Gasteiger charge is -2.23.